The van der Waals surface area contributed by atoms with Crippen LogP contribution >= 0.6 is 0 Å². The molecule has 0 unspecified atom stereocenters. The van der Waals surface area contributed by atoms with Gasteiger partial charge in [-0.15, -0.1) is 0 Å². The first-order valence-corrected chi connectivity index (χ1v) is 8.53. The van der Waals surface area contributed by atoms with Crippen LogP contribution in [0.2, 0.25) is 0 Å². The Kier molecular flexibility index (Phi) is 5.80. The van der Waals surface area contributed by atoms with Gasteiger partial charge in [0.2, 0.25) is 15.9 Å². The third-order valence-corrected chi connectivity index (χ3v) is 4.88. The summed E-state index contributed by atoms with van der Waals surface area (Å²) in [6, 6.07) is 4.35. The normalized spacial score (nSPS) is 15.6. The molecule has 1 aromatic rings. The average Bonchev–Trinajstić information content (AvgIpc) is 2.55. The molecule has 1 aromatic carbocycles. The Morgan fingerprint density at radius 2 is 2.00 bits per heavy atom. The molecule has 1 heterocycles. The molecule has 1 aliphatic heterocycles. The standard InChI is InChI=1S/C14H20N2O6S/c1-20-12-4-3-11(9-13(12)21-2)23(18,19)15-5-6-16-7-8-22-10-14(16)17/h3-4,9,15H,5-8,10H2,1-2H3. The molecule has 0 bridgehead atoms. The van der Waals surface area contributed by atoms with Gasteiger partial charge in [0.05, 0.1) is 25.7 Å². The summed E-state index contributed by atoms with van der Waals surface area (Å²) in [4.78, 5) is 13.2. The van der Waals surface area contributed by atoms with E-state index in [1.807, 2.05) is 0 Å². The van der Waals surface area contributed by atoms with Gasteiger partial charge in [-0.1, -0.05) is 0 Å². The molecule has 0 saturated carbocycles. The maximum Gasteiger partial charge on any atom is 0.248 e. The van der Waals surface area contributed by atoms with E-state index in [0.29, 0.717) is 31.2 Å². The number of ether oxygens (including phenoxy) is 3. The van der Waals surface area contributed by atoms with Gasteiger partial charge in [0.1, 0.15) is 6.61 Å². The minimum absolute atomic E-state index is 0.0441. The van der Waals surface area contributed by atoms with E-state index in [2.05, 4.69) is 4.72 Å². The Balaban J connectivity index is 2.00. The Labute approximate surface area is 135 Å². The molecular formula is C14H20N2O6S. The summed E-state index contributed by atoms with van der Waals surface area (Å²) in [6.07, 6.45) is 0. The number of rotatable bonds is 7. The minimum atomic E-state index is -3.69. The fourth-order valence-electron chi connectivity index (χ4n) is 2.17. The number of amides is 1. The summed E-state index contributed by atoms with van der Waals surface area (Å²) < 4.78 is 42.3. The van der Waals surface area contributed by atoms with Crippen LogP contribution in [0.5, 0.6) is 11.5 Å². The van der Waals surface area contributed by atoms with Gasteiger partial charge in [-0.05, 0) is 12.1 Å². The fraction of sp³-hybridized carbons (Fsp3) is 0.500. The van der Waals surface area contributed by atoms with Crippen LogP contribution in [-0.2, 0) is 19.6 Å². The molecule has 0 aliphatic carbocycles. The lowest BCUT2D eigenvalue weighted by Crippen LogP contribution is -2.45. The molecule has 128 valence electrons. The van der Waals surface area contributed by atoms with Crippen molar-refractivity contribution < 1.29 is 27.4 Å². The second-order valence-electron chi connectivity index (χ2n) is 4.85. The van der Waals surface area contributed by atoms with E-state index in [9.17, 15) is 13.2 Å². The second kappa shape index (κ2) is 7.62. The highest BCUT2D eigenvalue weighted by molar-refractivity contribution is 7.89. The van der Waals surface area contributed by atoms with Crippen molar-refractivity contribution in [1.82, 2.24) is 9.62 Å². The Morgan fingerprint density at radius 1 is 1.26 bits per heavy atom. The van der Waals surface area contributed by atoms with Gasteiger partial charge < -0.3 is 19.1 Å². The molecule has 0 atom stereocenters. The zero-order valence-electron chi connectivity index (χ0n) is 13.1. The van der Waals surface area contributed by atoms with Gasteiger partial charge in [-0.2, -0.15) is 0 Å². The third kappa shape index (κ3) is 4.34. The van der Waals surface area contributed by atoms with Crippen LogP contribution in [-0.4, -0.2) is 66.3 Å². The van der Waals surface area contributed by atoms with Crippen molar-refractivity contribution in [3.05, 3.63) is 18.2 Å². The average molecular weight is 344 g/mol. The maximum atomic E-state index is 12.3. The Bertz CT molecular complexity index is 661. The summed E-state index contributed by atoms with van der Waals surface area (Å²) in [5.74, 6) is 0.644. The highest BCUT2D eigenvalue weighted by Gasteiger charge is 2.20. The summed E-state index contributed by atoms with van der Waals surface area (Å²) in [6.45, 7) is 1.41. The van der Waals surface area contributed by atoms with Crippen LogP contribution in [0.4, 0.5) is 0 Å². The lowest BCUT2D eigenvalue weighted by Gasteiger charge is -2.26. The van der Waals surface area contributed by atoms with Crippen LogP contribution in [0.3, 0.4) is 0 Å². The molecule has 1 saturated heterocycles. The quantitative estimate of drug-likeness (QED) is 0.739. The number of carbonyl (C=O) groups excluding carboxylic acids is 1. The number of morpholine rings is 1. The van der Waals surface area contributed by atoms with E-state index in [0.717, 1.165) is 0 Å². The number of hydrogen-bond acceptors (Lipinski definition) is 6. The monoisotopic (exact) mass is 344 g/mol. The molecule has 0 radical (unpaired) electrons. The van der Waals surface area contributed by atoms with Gasteiger partial charge in [-0.3, -0.25) is 4.79 Å². The predicted molar refractivity (Wildman–Crippen MR) is 82.1 cm³/mol. The zero-order valence-corrected chi connectivity index (χ0v) is 13.9. The number of nitrogens with one attached hydrogen (secondary N) is 1. The maximum absolute atomic E-state index is 12.3. The smallest absolute Gasteiger partial charge is 0.248 e. The number of hydrogen-bond donors (Lipinski definition) is 1. The van der Waals surface area contributed by atoms with Gasteiger partial charge in [-0.25, -0.2) is 13.1 Å². The number of benzene rings is 1. The zero-order chi connectivity index (χ0) is 16.9. The largest absolute Gasteiger partial charge is 0.493 e. The van der Waals surface area contributed by atoms with Crippen molar-refractivity contribution in [3.8, 4) is 11.5 Å². The summed E-state index contributed by atoms with van der Waals surface area (Å²) in [5, 5.41) is 0. The van der Waals surface area contributed by atoms with Crippen molar-refractivity contribution in [1.29, 1.82) is 0 Å². The molecule has 1 amide bonds. The van der Waals surface area contributed by atoms with Crippen molar-refractivity contribution in [2.24, 2.45) is 0 Å². The van der Waals surface area contributed by atoms with Crippen LogP contribution in [0.25, 0.3) is 0 Å². The van der Waals surface area contributed by atoms with E-state index in [4.69, 9.17) is 14.2 Å². The molecule has 0 aromatic heterocycles. The Morgan fingerprint density at radius 3 is 2.65 bits per heavy atom. The molecule has 9 heteroatoms. The van der Waals surface area contributed by atoms with Crippen molar-refractivity contribution >= 4 is 15.9 Å². The first-order chi connectivity index (χ1) is 11.0. The van der Waals surface area contributed by atoms with Crippen LogP contribution in [0.1, 0.15) is 0 Å². The van der Waals surface area contributed by atoms with E-state index in [1.54, 1.807) is 4.90 Å². The predicted octanol–water partition coefficient (Wildman–Crippen LogP) is -0.159. The molecule has 1 N–H and O–H groups in total. The minimum Gasteiger partial charge on any atom is -0.493 e. The van der Waals surface area contributed by atoms with Crippen LogP contribution in [0.15, 0.2) is 23.1 Å². The van der Waals surface area contributed by atoms with E-state index in [-0.39, 0.29) is 24.0 Å². The topological polar surface area (TPSA) is 94.2 Å². The summed E-state index contributed by atoms with van der Waals surface area (Å²) >= 11 is 0. The first kappa shape index (κ1) is 17.5. The van der Waals surface area contributed by atoms with Gasteiger partial charge in [0.15, 0.2) is 11.5 Å². The highest BCUT2D eigenvalue weighted by Crippen LogP contribution is 2.29. The molecule has 23 heavy (non-hydrogen) atoms. The highest BCUT2D eigenvalue weighted by atomic mass is 32.2. The fourth-order valence-corrected chi connectivity index (χ4v) is 3.20. The number of carbonyl (C=O) groups is 1. The molecule has 8 nitrogen and oxygen atoms in total. The number of methoxy groups -OCH3 is 2. The van der Waals surface area contributed by atoms with Crippen molar-refractivity contribution in [3.63, 3.8) is 0 Å². The van der Waals surface area contributed by atoms with E-state index in [1.165, 1.54) is 32.4 Å². The molecule has 0 spiro atoms. The van der Waals surface area contributed by atoms with Crippen LogP contribution < -0.4 is 14.2 Å². The number of nitrogens with zero attached hydrogens (tertiary/aromatic N) is 1. The summed E-state index contributed by atoms with van der Waals surface area (Å²) in [5.41, 5.74) is 0. The summed E-state index contributed by atoms with van der Waals surface area (Å²) in [7, 11) is -0.779. The second-order valence-corrected chi connectivity index (χ2v) is 6.61. The van der Waals surface area contributed by atoms with E-state index >= 15 is 0 Å². The molecule has 2 rings (SSSR count). The molecule has 1 aliphatic rings. The SMILES string of the molecule is COc1ccc(S(=O)(=O)NCCN2CCOCC2=O)cc1OC. The van der Waals surface area contributed by atoms with Gasteiger partial charge >= 0.3 is 0 Å². The molecular weight excluding hydrogens is 324 g/mol. The first-order valence-electron chi connectivity index (χ1n) is 7.05. The number of sulfonamides is 1. The van der Waals surface area contributed by atoms with Crippen molar-refractivity contribution in [2.45, 2.75) is 4.90 Å². The van der Waals surface area contributed by atoms with E-state index < -0.39 is 10.0 Å². The van der Waals surface area contributed by atoms with Crippen molar-refractivity contribution in [2.75, 3.05) is 47.1 Å². The third-order valence-electron chi connectivity index (χ3n) is 3.42. The lowest BCUT2D eigenvalue weighted by molar-refractivity contribution is -0.142. The molecule has 1 fully saturated rings. The van der Waals surface area contributed by atoms with Gasteiger partial charge in [0.25, 0.3) is 0 Å². The van der Waals surface area contributed by atoms with Gasteiger partial charge in [0, 0.05) is 25.7 Å². The lowest BCUT2D eigenvalue weighted by atomic mass is 10.3. The Hall–Kier alpha value is -1.84. The van der Waals surface area contributed by atoms with Crippen LogP contribution in [0, 0.1) is 0 Å².